The SMILES string of the molecule is Cl.NC(O)c1ccccc1. The summed E-state index contributed by atoms with van der Waals surface area (Å²) in [6.45, 7) is 0. The van der Waals surface area contributed by atoms with Crippen LogP contribution in [0, 0.1) is 0 Å². The van der Waals surface area contributed by atoms with Gasteiger partial charge in [0.25, 0.3) is 0 Å². The number of rotatable bonds is 1. The summed E-state index contributed by atoms with van der Waals surface area (Å²) in [5, 5.41) is 8.80. The van der Waals surface area contributed by atoms with Crippen LogP contribution in [0.1, 0.15) is 11.8 Å². The number of aliphatic hydroxyl groups is 1. The summed E-state index contributed by atoms with van der Waals surface area (Å²) in [5.74, 6) is 0. The van der Waals surface area contributed by atoms with Gasteiger partial charge in [-0.3, -0.25) is 0 Å². The van der Waals surface area contributed by atoms with Crippen LogP contribution in [-0.4, -0.2) is 5.11 Å². The van der Waals surface area contributed by atoms with Gasteiger partial charge in [0.15, 0.2) is 0 Å². The predicted octanol–water partition coefficient (Wildman–Crippen LogP) is 1.06. The van der Waals surface area contributed by atoms with E-state index in [1.807, 2.05) is 18.2 Å². The molecule has 2 nitrogen and oxygen atoms in total. The van der Waals surface area contributed by atoms with E-state index in [-0.39, 0.29) is 12.4 Å². The molecule has 0 heterocycles. The molecule has 0 radical (unpaired) electrons. The highest BCUT2D eigenvalue weighted by molar-refractivity contribution is 5.85. The van der Waals surface area contributed by atoms with Crippen LogP contribution in [0.4, 0.5) is 0 Å². The quantitative estimate of drug-likeness (QED) is 0.602. The first-order chi connectivity index (χ1) is 4.30. The van der Waals surface area contributed by atoms with Crippen molar-refractivity contribution in [3.8, 4) is 0 Å². The van der Waals surface area contributed by atoms with Crippen molar-refractivity contribution < 1.29 is 5.11 Å². The molecular weight excluding hydrogens is 150 g/mol. The first-order valence-electron chi connectivity index (χ1n) is 2.79. The maximum atomic E-state index is 8.80. The van der Waals surface area contributed by atoms with E-state index in [1.54, 1.807) is 12.1 Å². The number of aliphatic hydroxyl groups excluding tert-OH is 1. The molecule has 0 aliphatic heterocycles. The highest BCUT2D eigenvalue weighted by atomic mass is 35.5. The Bertz CT molecular complexity index is 176. The summed E-state index contributed by atoms with van der Waals surface area (Å²) in [4.78, 5) is 0. The van der Waals surface area contributed by atoms with Gasteiger partial charge >= 0.3 is 0 Å². The number of hydrogen-bond acceptors (Lipinski definition) is 2. The third-order valence-electron chi connectivity index (χ3n) is 1.14. The minimum Gasteiger partial charge on any atom is -0.375 e. The molecule has 0 saturated carbocycles. The fourth-order valence-corrected chi connectivity index (χ4v) is 0.650. The van der Waals surface area contributed by atoms with Crippen molar-refractivity contribution in [1.29, 1.82) is 0 Å². The molecule has 56 valence electrons. The standard InChI is InChI=1S/C7H9NO.ClH/c8-7(9)6-4-2-1-3-5-6;/h1-5,7,9H,8H2;1H. The lowest BCUT2D eigenvalue weighted by Crippen LogP contribution is -2.07. The summed E-state index contributed by atoms with van der Waals surface area (Å²) in [6, 6.07) is 9.12. The van der Waals surface area contributed by atoms with E-state index in [0.29, 0.717) is 0 Å². The summed E-state index contributed by atoms with van der Waals surface area (Å²) in [6.07, 6.45) is -0.841. The van der Waals surface area contributed by atoms with Gasteiger partial charge in [-0.1, -0.05) is 30.3 Å². The Labute approximate surface area is 66.1 Å². The summed E-state index contributed by atoms with van der Waals surface area (Å²) >= 11 is 0. The van der Waals surface area contributed by atoms with E-state index in [4.69, 9.17) is 10.8 Å². The lowest BCUT2D eigenvalue weighted by molar-refractivity contribution is 0.186. The number of halogens is 1. The minimum atomic E-state index is -0.841. The summed E-state index contributed by atoms with van der Waals surface area (Å²) in [5.41, 5.74) is 5.92. The fraction of sp³-hybridized carbons (Fsp3) is 0.143. The summed E-state index contributed by atoms with van der Waals surface area (Å²) < 4.78 is 0. The average Bonchev–Trinajstić information content (AvgIpc) is 1.90. The van der Waals surface area contributed by atoms with Crippen LogP contribution in [0.5, 0.6) is 0 Å². The van der Waals surface area contributed by atoms with Crippen molar-refractivity contribution >= 4 is 12.4 Å². The Morgan fingerprint density at radius 3 is 2.00 bits per heavy atom. The molecule has 3 N–H and O–H groups in total. The van der Waals surface area contributed by atoms with Gasteiger partial charge in [-0.2, -0.15) is 0 Å². The maximum absolute atomic E-state index is 8.80. The fourth-order valence-electron chi connectivity index (χ4n) is 0.650. The Morgan fingerprint density at radius 1 is 1.20 bits per heavy atom. The van der Waals surface area contributed by atoms with Gasteiger partial charge in [0.1, 0.15) is 6.23 Å². The Balaban J connectivity index is 0.000000810. The van der Waals surface area contributed by atoms with Crippen molar-refractivity contribution in [2.75, 3.05) is 0 Å². The number of nitrogens with two attached hydrogens (primary N) is 1. The lowest BCUT2D eigenvalue weighted by Gasteiger charge is -2.01. The van der Waals surface area contributed by atoms with E-state index in [2.05, 4.69) is 0 Å². The smallest absolute Gasteiger partial charge is 0.128 e. The van der Waals surface area contributed by atoms with Gasteiger partial charge in [0, 0.05) is 0 Å². The molecule has 0 saturated heterocycles. The van der Waals surface area contributed by atoms with Crippen LogP contribution in [0.15, 0.2) is 30.3 Å². The molecule has 0 aromatic heterocycles. The topological polar surface area (TPSA) is 46.2 Å². The highest BCUT2D eigenvalue weighted by Crippen LogP contribution is 2.04. The molecule has 1 rings (SSSR count). The minimum absolute atomic E-state index is 0. The molecule has 1 atom stereocenters. The van der Waals surface area contributed by atoms with Gasteiger partial charge in [-0.05, 0) is 5.56 Å². The molecule has 0 spiro atoms. The lowest BCUT2D eigenvalue weighted by atomic mass is 10.2. The average molecular weight is 160 g/mol. The van der Waals surface area contributed by atoms with Gasteiger partial charge in [-0.25, -0.2) is 0 Å². The second-order valence-corrected chi connectivity index (χ2v) is 1.86. The second-order valence-electron chi connectivity index (χ2n) is 1.86. The third kappa shape index (κ3) is 2.35. The monoisotopic (exact) mass is 159 g/mol. The van der Waals surface area contributed by atoms with Crippen molar-refractivity contribution in [3.05, 3.63) is 35.9 Å². The first kappa shape index (κ1) is 9.43. The van der Waals surface area contributed by atoms with Crippen LogP contribution < -0.4 is 5.73 Å². The molecule has 0 aliphatic carbocycles. The van der Waals surface area contributed by atoms with Crippen molar-refractivity contribution in [2.45, 2.75) is 6.23 Å². The second kappa shape index (κ2) is 4.28. The zero-order valence-electron chi connectivity index (χ0n) is 5.40. The van der Waals surface area contributed by atoms with Crippen molar-refractivity contribution in [1.82, 2.24) is 0 Å². The van der Waals surface area contributed by atoms with E-state index < -0.39 is 6.23 Å². The number of benzene rings is 1. The Hall–Kier alpha value is -0.570. The predicted molar refractivity (Wildman–Crippen MR) is 42.8 cm³/mol. The van der Waals surface area contributed by atoms with E-state index in [0.717, 1.165) is 5.56 Å². The number of hydrogen-bond donors (Lipinski definition) is 2. The molecule has 0 amide bonds. The van der Waals surface area contributed by atoms with Crippen LogP contribution in [0.25, 0.3) is 0 Å². The van der Waals surface area contributed by atoms with Crippen molar-refractivity contribution in [2.24, 2.45) is 5.73 Å². The molecule has 1 aromatic rings. The molecule has 0 bridgehead atoms. The van der Waals surface area contributed by atoms with E-state index in [9.17, 15) is 0 Å². The van der Waals surface area contributed by atoms with E-state index >= 15 is 0 Å². The first-order valence-corrected chi connectivity index (χ1v) is 2.79. The van der Waals surface area contributed by atoms with Crippen LogP contribution >= 0.6 is 12.4 Å². The van der Waals surface area contributed by atoms with Crippen LogP contribution in [-0.2, 0) is 0 Å². The maximum Gasteiger partial charge on any atom is 0.128 e. The van der Waals surface area contributed by atoms with E-state index in [1.165, 1.54) is 0 Å². The van der Waals surface area contributed by atoms with Crippen LogP contribution in [0.3, 0.4) is 0 Å². The third-order valence-corrected chi connectivity index (χ3v) is 1.14. The highest BCUT2D eigenvalue weighted by Gasteiger charge is 1.95. The molecule has 0 aliphatic rings. The molecule has 3 heteroatoms. The molecule has 0 fully saturated rings. The van der Waals surface area contributed by atoms with Crippen molar-refractivity contribution in [3.63, 3.8) is 0 Å². The Kier molecular flexibility index (Phi) is 4.03. The van der Waals surface area contributed by atoms with Gasteiger partial charge in [-0.15, -0.1) is 12.4 Å². The van der Waals surface area contributed by atoms with Crippen LogP contribution in [0.2, 0.25) is 0 Å². The van der Waals surface area contributed by atoms with Gasteiger partial charge in [0.05, 0.1) is 0 Å². The van der Waals surface area contributed by atoms with Gasteiger partial charge < -0.3 is 10.8 Å². The summed E-state index contributed by atoms with van der Waals surface area (Å²) in [7, 11) is 0. The largest absolute Gasteiger partial charge is 0.375 e. The van der Waals surface area contributed by atoms with Gasteiger partial charge in [0.2, 0.25) is 0 Å². The molecule has 1 unspecified atom stereocenters. The molecular formula is C7H10ClNO. The normalized spacial score (nSPS) is 11.8. The Morgan fingerprint density at radius 2 is 1.70 bits per heavy atom. The molecule has 10 heavy (non-hydrogen) atoms. The zero-order chi connectivity index (χ0) is 6.69. The molecule has 1 aromatic carbocycles. The zero-order valence-corrected chi connectivity index (χ0v) is 6.21.